The monoisotopic (exact) mass is 425 g/mol. The van der Waals surface area contributed by atoms with Gasteiger partial charge in [0, 0.05) is 4.88 Å². The Morgan fingerprint density at radius 1 is 1.30 bits per heavy atom. The zero-order valence-corrected chi connectivity index (χ0v) is 18.4. The number of aromatic amines is 1. The Labute approximate surface area is 180 Å². The van der Waals surface area contributed by atoms with Gasteiger partial charge in [0.25, 0.3) is 5.56 Å². The van der Waals surface area contributed by atoms with Crippen LogP contribution in [0.3, 0.4) is 0 Å². The summed E-state index contributed by atoms with van der Waals surface area (Å²) >= 11 is 1.72. The van der Waals surface area contributed by atoms with Crippen LogP contribution in [0.15, 0.2) is 29.1 Å². The number of hydrogen-bond acceptors (Lipinski definition) is 5. The molecule has 1 saturated heterocycles. The van der Waals surface area contributed by atoms with Gasteiger partial charge in [-0.05, 0) is 49.8 Å². The number of thiophene rings is 1. The molecular formula is C23H29N4O2S+. The van der Waals surface area contributed by atoms with E-state index < -0.39 is 0 Å². The highest BCUT2D eigenvalue weighted by Gasteiger charge is 2.29. The highest BCUT2D eigenvalue weighted by molar-refractivity contribution is 7.18. The van der Waals surface area contributed by atoms with Gasteiger partial charge in [-0.25, -0.2) is 4.98 Å². The molecule has 1 aliphatic carbocycles. The lowest BCUT2D eigenvalue weighted by Gasteiger charge is -2.36. The molecule has 30 heavy (non-hydrogen) atoms. The quantitative estimate of drug-likeness (QED) is 0.602. The van der Waals surface area contributed by atoms with Crippen LogP contribution in [0.25, 0.3) is 10.2 Å². The van der Waals surface area contributed by atoms with Gasteiger partial charge in [-0.1, -0.05) is 19.1 Å². The molecule has 3 heterocycles. The van der Waals surface area contributed by atoms with Crippen molar-refractivity contribution in [1.82, 2.24) is 9.97 Å². The van der Waals surface area contributed by atoms with E-state index in [0.29, 0.717) is 11.7 Å². The summed E-state index contributed by atoms with van der Waals surface area (Å²) in [7, 11) is 0. The molecule has 6 nitrogen and oxygen atoms in total. The maximum atomic E-state index is 12.9. The number of benzene rings is 1. The number of anilines is 1. The summed E-state index contributed by atoms with van der Waals surface area (Å²) in [5.74, 6) is 1.82. The number of hydrogen-bond donors (Lipinski definition) is 3. The van der Waals surface area contributed by atoms with Crippen LogP contribution < -0.4 is 15.4 Å². The Hall–Kier alpha value is -2.38. The fourth-order valence-electron chi connectivity index (χ4n) is 4.96. The Kier molecular flexibility index (Phi) is 5.03. The Morgan fingerprint density at radius 3 is 2.83 bits per heavy atom. The molecule has 2 atom stereocenters. The van der Waals surface area contributed by atoms with E-state index in [9.17, 15) is 9.90 Å². The van der Waals surface area contributed by atoms with Gasteiger partial charge in [0.05, 0.1) is 37.3 Å². The molecule has 0 spiro atoms. The number of H-pyrrole nitrogens is 1. The van der Waals surface area contributed by atoms with Crippen LogP contribution in [-0.4, -0.2) is 41.3 Å². The summed E-state index contributed by atoms with van der Waals surface area (Å²) in [6.07, 6.45) is 3.22. The molecule has 2 aliphatic rings. The fourth-order valence-corrected chi connectivity index (χ4v) is 6.35. The number of nitrogens with one attached hydrogen (secondary N) is 2. The first-order chi connectivity index (χ1) is 14.5. The first-order valence-corrected chi connectivity index (χ1v) is 11.7. The summed E-state index contributed by atoms with van der Waals surface area (Å²) in [6.45, 7) is 8.07. The highest BCUT2D eigenvalue weighted by atomic mass is 32.1. The van der Waals surface area contributed by atoms with Crippen molar-refractivity contribution in [1.29, 1.82) is 0 Å². The van der Waals surface area contributed by atoms with Gasteiger partial charge in [-0.2, -0.15) is 0 Å². The summed E-state index contributed by atoms with van der Waals surface area (Å²) in [4.78, 5) is 26.9. The number of phenolic OH excluding ortho intramolecular Hbond substituents is 1. The first-order valence-electron chi connectivity index (χ1n) is 10.9. The third kappa shape index (κ3) is 3.40. The number of aryl methyl sites for hydroxylation is 1. The SMILES string of the molecule is C[C@@H]1CCc2c(sc3nc([C@@H](C)[NH+]4CCN(c5ccccc5O)CC4)[nH]c(=O)c23)C1. The molecule has 2 aromatic heterocycles. The zero-order chi connectivity index (χ0) is 20.8. The minimum absolute atomic E-state index is 0.0288. The molecule has 0 bridgehead atoms. The van der Waals surface area contributed by atoms with Crippen molar-refractivity contribution in [3.05, 3.63) is 50.9 Å². The van der Waals surface area contributed by atoms with Crippen molar-refractivity contribution in [2.75, 3.05) is 31.1 Å². The molecule has 0 amide bonds. The minimum atomic E-state index is 0.0288. The van der Waals surface area contributed by atoms with Gasteiger partial charge in [0.15, 0.2) is 5.82 Å². The number of phenols is 1. The Balaban J connectivity index is 1.36. The zero-order valence-electron chi connectivity index (χ0n) is 17.6. The fraction of sp³-hybridized carbons (Fsp3) is 0.478. The summed E-state index contributed by atoms with van der Waals surface area (Å²) in [6, 6.07) is 7.65. The van der Waals surface area contributed by atoms with Crippen molar-refractivity contribution in [2.24, 2.45) is 5.92 Å². The molecule has 1 aromatic carbocycles. The van der Waals surface area contributed by atoms with Crippen molar-refractivity contribution >= 4 is 27.2 Å². The van der Waals surface area contributed by atoms with Crippen LogP contribution in [0.5, 0.6) is 5.75 Å². The lowest BCUT2D eigenvalue weighted by Crippen LogP contribution is -3.14. The van der Waals surface area contributed by atoms with E-state index in [2.05, 4.69) is 23.7 Å². The van der Waals surface area contributed by atoms with E-state index in [4.69, 9.17) is 4.98 Å². The third-order valence-electron chi connectivity index (χ3n) is 6.83. The average Bonchev–Trinajstić information content (AvgIpc) is 3.11. The van der Waals surface area contributed by atoms with Gasteiger partial charge >= 0.3 is 0 Å². The minimum Gasteiger partial charge on any atom is -0.506 e. The average molecular weight is 426 g/mol. The van der Waals surface area contributed by atoms with E-state index in [1.165, 1.54) is 15.3 Å². The van der Waals surface area contributed by atoms with Crippen LogP contribution in [-0.2, 0) is 12.8 Å². The molecule has 0 unspecified atom stereocenters. The first kappa shape index (κ1) is 19.6. The maximum Gasteiger partial charge on any atom is 0.260 e. The molecule has 5 rings (SSSR count). The normalized spacial score (nSPS) is 21.0. The standard InChI is InChI=1S/C23H28N4O2S/c1-14-7-8-16-19(13-14)30-23-20(16)22(29)24-21(25-23)15(2)26-9-11-27(12-10-26)17-5-3-4-6-18(17)28/h3-6,14-15,28H,7-13H2,1-2H3,(H,24,25,29)/p+1/t14-,15-/m1/s1. The van der Waals surface area contributed by atoms with Crippen LogP contribution in [0.4, 0.5) is 5.69 Å². The second kappa shape index (κ2) is 7.71. The number of nitrogens with zero attached hydrogens (tertiary/aromatic N) is 2. The lowest BCUT2D eigenvalue weighted by atomic mass is 9.89. The van der Waals surface area contributed by atoms with Crippen molar-refractivity contribution in [3.63, 3.8) is 0 Å². The molecule has 1 aliphatic heterocycles. The van der Waals surface area contributed by atoms with E-state index in [1.807, 2.05) is 18.2 Å². The lowest BCUT2D eigenvalue weighted by molar-refractivity contribution is -0.930. The van der Waals surface area contributed by atoms with Gasteiger partial charge in [-0.3, -0.25) is 4.79 Å². The molecule has 7 heteroatoms. The third-order valence-corrected chi connectivity index (χ3v) is 7.98. The van der Waals surface area contributed by atoms with Gasteiger partial charge in [-0.15, -0.1) is 11.3 Å². The summed E-state index contributed by atoms with van der Waals surface area (Å²) in [5, 5.41) is 11.0. The Bertz CT molecular complexity index is 1130. The second-order valence-corrected chi connectivity index (χ2v) is 9.92. The largest absolute Gasteiger partial charge is 0.506 e. The number of rotatable bonds is 3. The van der Waals surface area contributed by atoms with E-state index >= 15 is 0 Å². The van der Waals surface area contributed by atoms with Crippen molar-refractivity contribution < 1.29 is 10.0 Å². The topological polar surface area (TPSA) is 73.7 Å². The van der Waals surface area contributed by atoms with Crippen LogP contribution in [0, 0.1) is 5.92 Å². The second-order valence-electron chi connectivity index (χ2n) is 8.84. The summed E-state index contributed by atoms with van der Waals surface area (Å²) in [5.41, 5.74) is 2.17. The van der Waals surface area contributed by atoms with E-state index in [0.717, 1.165) is 67.2 Å². The molecule has 1 fully saturated rings. The molecule has 158 valence electrons. The number of piperazine rings is 1. The van der Waals surface area contributed by atoms with Gasteiger partial charge < -0.3 is 19.9 Å². The molecule has 3 N–H and O–H groups in total. The Morgan fingerprint density at radius 2 is 2.07 bits per heavy atom. The molecule has 0 radical (unpaired) electrons. The van der Waals surface area contributed by atoms with E-state index in [1.54, 1.807) is 17.4 Å². The number of fused-ring (bicyclic) bond motifs is 3. The van der Waals surface area contributed by atoms with Gasteiger partial charge in [0.2, 0.25) is 0 Å². The predicted molar refractivity (Wildman–Crippen MR) is 121 cm³/mol. The molecular weight excluding hydrogens is 396 g/mol. The van der Waals surface area contributed by atoms with Crippen LogP contribution >= 0.6 is 11.3 Å². The number of quaternary nitrogens is 1. The van der Waals surface area contributed by atoms with E-state index in [-0.39, 0.29) is 11.6 Å². The van der Waals surface area contributed by atoms with Crippen molar-refractivity contribution in [3.8, 4) is 5.75 Å². The molecule has 3 aromatic rings. The number of aromatic nitrogens is 2. The van der Waals surface area contributed by atoms with Crippen molar-refractivity contribution in [2.45, 2.75) is 39.2 Å². The molecule has 0 saturated carbocycles. The number of aromatic hydroxyl groups is 1. The summed E-state index contributed by atoms with van der Waals surface area (Å²) < 4.78 is 0. The maximum absolute atomic E-state index is 12.9. The smallest absolute Gasteiger partial charge is 0.260 e. The van der Waals surface area contributed by atoms with Gasteiger partial charge in [0.1, 0.15) is 16.6 Å². The predicted octanol–water partition coefficient (Wildman–Crippen LogP) is 2.28. The van der Waals surface area contributed by atoms with Crippen LogP contribution in [0.1, 0.15) is 42.6 Å². The highest BCUT2D eigenvalue weighted by Crippen LogP contribution is 2.35. The number of para-hydroxylation sites is 2. The van der Waals surface area contributed by atoms with Crippen LogP contribution in [0.2, 0.25) is 0 Å².